The lowest BCUT2D eigenvalue weighted by atomic mass is 10.1. The van der Waals surface area contributed by atoms with Gasteiger partial charge in [-0.2, -0.15) is 0 Å². The molecule has 6 nitrogen and oxygen atoms in total. The number of carbonyl (C=O) groups excluding carboxylic acids is 1. The number of amides is 1. The Balaban J connectivity index is 2.73. The van der Waals surface area contributed by atoms with E-state index in [1.54, 1.807) is 12.5 Å². The Bertz CT molecular complexity index is 348. The molecule has 6 heteroatoms. The number of imidazole rings is 1. The number of nitrogens with one attached hydrogen (secondary N) is 1. The number of aromatic nitrogens is 2. The quantitative estimate of drug-likeness (QED) is 0.629. The number of aliphatic carboxylic acids is 1. The van der Waals surface area contributed by atoms with Gasteiger partial charge in [-0.3, -0.25) is 4.79 Å². The Labute approximate surface area is 86.9 Å². The number of carboxylic acid groups (broad SMARTS) is 1. The van der Waals surface area contributed by atoms with Crippen molar-refractivity contribution in [3.05, 3.63) is 18.2 Å². The molecule has 82 valence electrons. The molecule has 0 aliphatic heterocycles. The van der Waals surface area contributed by atoms with Gasteiger partial charge in [-0.15, -0.1) is 0 Å². The van der Waals surface area contributed by atoms with E-state index in [0.717, 1.165) is 12.2 Å². The number of nitrogens with zero attached hydrogens (tertiary/aromatic N) is 2. The van der Waals surface area contributed by atoms with Crippen molar-refractivity contribution in [3.8, 4) is 0 Å². The summed E-state index contributed by atoms with van der Waals surface area (Å²) < 4.78 is 1.84. The molecule has 1 rings (SSSR count). The van der Waals surface area contributed by atoms with E-state index in [-0.39, 0.29) is 6.42 Å². The molecule has 1 atom stereocenters. The fourth-order valence-corrected chi connectivity index (χ4v) is 1.31. The normalized spacial score (nSPS) is 12.1. The van der Waals surface area contributed by atoms with Crippen molar-refractivity contribution in [1.82, 2.24) is 14.9 Å². The summed E-state index contributed by atoms with van der Waals surface area (Å²) in [5, 5.41) is 11.1. The highest BCUT2D eigenvalue weighted by Crippen LogP contribution is 2.03. The molecule has 1 amide bonds. The Morgan fingerprint density at radius 1 is 1.80 bits per heavy atom. The average molecular weight is 211 g/mol. The largest absolute Gasteiger partial charge is 0.480 e. The van der Waals surface area contributed by atoms with Gasteiger partial charge in [-0.1, -0.05) is 0 Å². The molecular formula is C9H13N3O3. The second kappa shape index (κ2) is 5.14. The Morgan fingerprint density at radius 3 is 3.07 bits per heavy atom. The Morgan fingerprint density at radius 2 is 2.53 bits per heavy atom. The summed E-state index contributed by atoms with van der Waals surface area (Å²) in [4.78, 5) is 24.9. The van der Waals surface area contributed by atoms with E-state index in [2.05, 4.69) is 10.3 Å². The van der Waals surface area contributed by atoms with Gasteiger partial charge in [0.05, 0.1) is 6.33 Å². The maximum Gasteiger partial charge on any atom is 0.326 e. The van der Waals surface area contributed by atoms with Crippen LogP contribution < -0.4 is 5.32 Å². The van der Waals surface area contributed by atoms with Crippen molar-refractivity contribution >= 4 is 12.4 Å². The highest BCUT2D eigenvalue weighted by Gasteiger charge is 2.18. The molecule has 1 aromatic heterocycles. The summed E-state index contributed by atoms with van der Waals surface area (Å²) >= 11 is 0. The number of aryl methyl sites for hydroxylation is 1. The average Bonchev–Trinajstić information content (AvgIpc) is 2.64. The van der Waals surface area contributed by atoms with E-state index in [1.165, 1.54) is 0 Å². The number of carboxylic acids is 1. The SMILES string of the molecule is CCn1cncc1CC(NC=O)C(=O)O. The summed E-state index contributed by atoms with van der Waals surface area (Å²) in [5.41, 5.74) is 0.791. The predicted octanol–water partition coefficient (Wildman–Crippen LogP) is -0.355. The fraction of sp³-hybridized carbons (Fsp3) is 0.444. The molecule has 0 aliphatic carbocycles. The Kier molecular flexibility index (Phi) is 3.84. The molecule has 0 radical (unpaired) electrons. The summed E-state index contributed by atoms with van der Waals surface area (Å²) in [6.45, 7) is 2.66. The lowest BCUT2D eigenvalue weighted by Gasteiger charge is -2.11. The molecule has 0 saturated carbocycles. The van der Waals surface area contributed by atoms with Crippen molar-refractivity contribution in [2.75, 3.05) is 0 Å². The predicted molar refractivity (Wildman–Crippen MR) is 52.2 cm³/mol. The minimum Gasteiger partial charge on any atom is -0.480 e. The maximum absolute atomic E-state index is 10.8. The third-order valence-electron chi connectivity index (χ3n) is 2.12. The highest BCUT2D eigenvalue weighted by molar-refractivity contribution is 5.76. The minimum atomic E-state index is -1.05. The van der Waals surface area contributed by atoms with Crippen LogP contribution in [0.15, 0.2) is 12.5 Å². The number of rotatable bonds is 6. The zero-order chi connectivity index (χ0) is 11.3. The summed E-state index contributed by atoms with van der Waals surface area (Å²) in [7, 11) is 0. The van der Waals surface area contributed by atoms with Gasteiger partial charge in [0.25, 0.3) is 0 Å². The van der Waals surface area contributed by atoms with Crippen molar-refractivity contribution in [3.63, 3.8) is 0 Å². The second-order valence-electron chi connectivity index (χ2n) is 3.05. The third-order valence-corrected chi connectivity index (χ3v) is 2.12. The van der Waals surface area contributed by atoms with Crippen LogP contribution >= 0.6 is 0 Å². The van der Waals surface area contributed by atoms with Gasteiger partial charge >= 0.3 is 5.97 Å². The number of hydrogen-bond donors (Lipinski definition) is 2. The van der Waals surface area contributed by atoms with Crippen LogP contribution in [0, 0.1) is 0 Å². The molecule has 1 heterocycles. The van der Waals surface area contributed by atoms with Gasteiger partial charge in [0.15, 0.2) is 0 Å². The van der Waals surface area contributed by atoms with E-state index >= 15 is 0 Å². The molecule has 1 unspecified atom stereocenters. The first-order valence-electron chi connectivity index (χ1n) is 4.60. The maximum atomic E-state index is 10.8. The Hall–Kier alpha value is -1.85. The van der Waals surface area contributed by atoms with Crippen LogP contribution in [0.5, 0.6) is 0 Å². The smallest absolute Gasteiger partial charge is 0.326 e. The number of hydrogen-bond acceptors (Lipinski definition) is 3. The second-order valence-corrected chi connectivity index (χ2v) is 3.05. The topological polar surface area (TPSA) is 84.2 Å². The molecule has 0 fully saturated rings. The van der Waals surface area contributed by atoms with Crippen LogP contribution in [0.1, 0.15) is 12.6 Å². The zero-order valence-corrected chi connectivity index (χ0v) is 8.38. The van der Waals surface area contributed by atoms with Crippen LogP contribution in [0.2, 0.25) is 0 Å². The first-order valence-corrected chi connectivity index (χ1v) is 4.60. The van der Waals surface area contributed by atoms with Crippen molar-refractivity contribution < 1.29 is 14.7 Å². The van der Waals surface area contributed by atoms with Gasteiger partial charge in [-0.25, -0.2) is 9.78 Å². The molecule has 0 bridgehead atoms. The highest BCUT2D eigenvalue weighted by atomic mass is 16.4. The third kappa shape index (κ3) is 2.80. The monoisotopic (exact) mass is 211 g/mol. The van der Waals surface area contributed by atoms with Gasteiger partial charge in [0.1, 0.15) is 6.04 Å². The van der Waals surface area contributed by atoms with Crippen LogP contribution in [0.4, 0.5) is 0 Å². The first-order chi connectivity index (χ1) is 7.19. The molecule has 15 heavy (non-hydrogen) atoms. The number of carbonyl (C=O) groups is 2. The molecule has 0 saturated heterocycles. The molecule has 2 N–H and O–H groups in total. The summed E-state index contributed by atoms with van der Waals surface area (Å²) in [5.74, 6) is -1.05. The molecule has 0 aromatic carbocycles. The van der Waals surface area contributed by atoms with Gasteiger partial charge in [0.2, 0.25) is 6.41 Å². The lowest BCUT2D eigenvalue weighted by molar-refractivity contribution is -0.140. The molecular weight excluding hydrogens is 198 g/mol. The van der Waals surface area contributed by atoms with Crippen molar-refractivity contribution in [1.29, 1.82) is 0 Å². The van der Waals surface area contributed by atoms with E-state index in [0.29, 0.717) is 6.41 Å². The van der Waals surface area contributed by atoms with Crippen LogP contribution in [0.3, 0.4) is 0 Å². The first kappa shape index (κ1) is 11.2. The van der Waals surface area contributed by atoms with Gasteiger partial charge in [0, 0.05) is 24.9 Å². The van der Waals surface area contributed by atoms with Crippen LogP contribution in [-0.2, 0) is 22.6 Å². The minimum absolute atomic E-state index is 0.238. The summed E-state index contributed by atoms with van der Waals surface area (Å²) in [6, 6.07) is -0.899. The van der Waals surface area contributed by atoms with Crippen LogP contribution in [0.25, 0.3) is 0 Å². The molecule has 0 aliphatic rings. The van der Waals surface area contributed by atoms with E-state index in [4.69, 9.17) is 5.11 Å². The molecule has 0 spiro atoms. The summed E-state index contributed by atoms with van der Waals surface area (Å²) in [6.07, 6.45) is 3.87. The van der Waals surface area contributed by atoms with Crippen LogP contribution in [-0.4, -0.2) is 33.1 Å². The standard InChI is InChI=1S/C9H13N3O3/c1-2-12-5-10-4-7(12)3-8(9(14)15)11-6-13/h4-6,8H,2-3H2,1H3,(H,11,13)(H,14,15). The fourth-order valence-electron chi connectivity index (χ4n) is 1.31. The van der Waals surface area contributed by atoms with Gasteiger partial charge in [-0.05, 0) is 6.92 Å². The van der Waals surface area contributed by atoms with E-state index in [1.807, 2.05) is 11.5 Å². The van der Waals surface area contributed by atoms with E-state index in [9.17, 15) is 9.59 Å². The van der Waals surface area contributed by atoms with E-state index < -0.39 is 12.0 Å². The van der Waals surface area contributed by atoms with Crippen molar-refractivity contribution in [2.24, 2.45) is 0 Å². The zero-order valence-electron chi connectivity index (χ0n) is 8.38. The van der Waals surface area contributed by atoms with Gasteiger partial charge < -0.3 is 15.0 Å². The molecule has 1 aromatic rings. The lowest BCUT2D eigenvalue weighted by Crippen LogP contribution is -2.38. The van der Waals surface area contributed by atoms with Crippen molar-refractivity contribution in [2.45, 2.75) is 25.9 Å².